The van der Waals surface area contributed by atoms with E-state index in [1.807, 2.05) is 17.0 Å². The Morgan fingerprint density at radius 1 is 1.39 bits per heavy atom. The molecular formula is C15H20INO. The Morgan fingerprint density at radius 2 is 2.06 bits per heavy atom. The van der Waals surface area contributed by atoms with Crippen LogP contribution in [0.2, 0.25) is 0 Å². The lowest BCUT2D eigenvalue weighted by Crippen LogP contribution is -2.35. The molecule has 0 saturated heterocycles. The Labute approximate surface area is 123 Å². The van der Waals surface area contributed by atoms with Crippen LogP contribution < -0.4 is 0 Å². The summed E-state index contributed by atoms with van der Waals surface area (Å²) in [5.74, 6) is 1.18. The normalized spacial score (nSPS) is 14.9. The lowest BCUT2D eigenvalue weighted by Gasteiger charge is -2.25. The molecule has 0 radical (unpaired) electrons. The van der Waals surface area contributed by atoms with Gasteiger partial charge in [0.2, 0.25) is 5.91 Å². The number of rotatable bonds is 5. The minimum absolute atomic E-state index is 0.310. The number of carbonyl (C=O) groups is 1. The smallest absolute Gasteiger partial charge is 0.225 e. The van der Waals surface area contributed by atoms with Crippen LogP contribution in [0, 0.1) is 15.4 Å². The van der Waals surface area contributed by atoms with Crippen molar-refractivity contribution in [2.75, 3.05) is 6.54 Å². The molecule has 1 aromatic carbocycles. The first-order chi connectivity index (χ1) is 8.58. The first-order valence-electron chi connectivity index (χ1n) is 6.60. The fraction of sp³-hybridized carbons (Fsp3) is 0.533. The lowest BCUT2D eigenvalue weighted by molar-refractivity contribution is -0.133. The summed E-state index contributed by atoms with van der Waals surface area (Å²) in [6, 6.07) is 8.31. The molecule has 18 heavy (non-hydrogen) atoms. The maximum absolute atomic E-state index is 12.3. The molecule has 0 aromatic heterocycles. The number of benzene rings is 1. The van der Waals surface area contributed by atoms with Crippen molar-refractivity contribution in [1.82, 2.24) is 4.90 Å². The highest BCUT2D eigenvalue weighted by Crippen LogP contribution is 2.32. The van der Waals surface area contributed by atoms with E-state index in [1.165, 1.54) is 9.13 Å². The van der Waals surface area contributed by atoms with Gasteiger partial charge in [-0.25, -0.2) is 0 Å². The first-order valence-corrected chi connectivity index (χ1v) is 7.68. The Hall–Kier alpha value is -0.580. The molecule has 0 heterocycles. The van der Waals surface area contributed by atoms with Gasteiger partial charge in [0.25, 0.3) is 0 Å². The molecule has 3 heteroatoms. The molecule has 2 nitrogen and oxygen atoms in total. The quantitative estimate of drug-likeness (QED) is 0.736. The molecule has 2 rings (SSSR count). The highest BCUT2D eigenvalue weighted by molar-refractivity contribution is 14.1. The Bertz CT molecular complexity index is 426. The monoisotopic (exact) mass is 357 g/mol. The van der Waals surface area contributed by atoms with Crippen LogP contribution in [0.5, 0.6) is 0 Å². The van der Waals surface area contributed by atoms with Crippen LogP contribution in [0.25, 0.3) is 0 Å². The van der Waals surface area contributed by atoms with E-state index in [4.69, 9.17) is 0 Å². The molecule has 1 aromatic rings. The molecule has 0 N–H and O–H groups in total. The molecular weight excluding hydrogens is 337 g/mol. The van der Waals surface area contributed by atoms with E-state index in [2.05, 4.69) is 48.6 Å². The maximum Gasteiger partial charge on any atom is 0.225 e. The summed E-state index contributed by atoms with van der Waals surface area (Å²) >= 11 is 2.35. The largest absolute Gasteiger partial charge is 0.338 e. The van der Waals surface area contributed by atoms with E-state index < -0.39 is 0 Å². The van der Waals surface area contributed by atoms with Crippen LogP contribution in [-0.4, -0.2) is 17.4 Å². The van der Waals surface area contributed by atoms with Gasteiger partial charge in [0.05, 0.1) is 0 Å². The van der Waals surface area contributed by atoms with Gasteiger partial charge in [-0.2, -0.15) is 0 Å². The summed E-state index contributed by atoms with van der Waals surface area (Å²) in [6.45, 7) is 5.96. The van der Waals surface area contributed by atoms with Crippen molar-refractivity contribution in [3.05, 3.63) is 33.4 Å². The van der Waals surface area contributed by atoms with E-state index in [0.717, 1.165) is 25.9 Å². The second-order valence-corrected chi connectivity index (χ2v) is 6.64. The van der Waals surface area contributed by atoms with E-state index >= 15 is 0 Å². The summed E-state index contributed by atoms with van der Waals surface area (Å²) in [6.07, 6.45) is 2.17. The highest BCUT2D eigenvalue weighted by atomic mass is 127. The molecule has 0 unspecified atom stereocenters. The first kappa shape index (κ1) is 13.8. The summed E-state index contributed by atoms with van der Waals surface area (Å²) in [5, 5.41) is 0. The number of hydrogen-bond donors (Lipinski definition) is 0. The molecule has 0 spiro atoms. The van der Waals surface area contributed by atoms with Crippen molar-refractivity contribution in [3.8, 4) is 0 Å². The van der Waals surface area contributed by atoms with Gasteiger partial charge in [-0.3, -0.25) is 4.79 Å². The van der Waals surface area contributed by atoms with E-state index in [9.17, 15) is 4.79 Å². The van der Waals surface area contributed by atoms with Crippen LogP contribution >= 0.6 is 22.6 Å². The summed E-state index contributed by atoms with van der Waals surface area (Å²) in [7, 11) is 0. The van der Waals surface area contributed by atoms with Gasteiger partial charge in [0, 0.05) is 22.6 Å². The maximum atomic E-state index is 12.3. The molecule has 0 aliphatic heterocycles. The van der Waals surface area contributed by atoms with Crippen molar-refractivity contribution >= 4 is 28.5 Å². The molecule has 1 saturated carbocycles. The van der Waals surface area contributed by atoms with Crippen LogP contribution in [0.15, 0.2) is 24.3 Å². The van der Waals surface area contributed by atoms with Crippen molar-refractivity contribution < 1.29 is 4.79 Å². The van der Waals surface area contributed by atoms with Crippen molar-refractivity contribution in [2.24, 2.45) is 11.8 Å². The number of nitrogens with zero attached hydrogens (tertiary/aromatic N) is 1. The Morgan fingerprint density at radius 3 is 2.61 bits per heavy atom. The lowest BCUT2D eigenvalue weighted by atomic mass is 10.1. The second-order valence-electron chi connectivity index (χ2n) is 5.48. The molecule has 1 amide bonds. The zero-order valence-corrected chi connectivity index (χ0v) is 13.2. The van der Waals surface area contributed by atoms with Crippen LogP contribution in [0.1, 0.15) is 32.3 Å². The summed E-state index contributed by atoms with van der Waals surface area (Å²) in [4.78, 5) is 14.3. The van der Waals surface area contributed by atoms with Gasteiger partial charge in [0.15, 0.2) is 0 Å². The highest BCUT2D eigenvalue weighted by Gasteiger charge is 2.33. The van der Waals surface area contributed by atoms with Gasteiger partial charge >= 0.3 is 0 Å². The minimum Gasteiger partial charge on any atom is -0.338 e. The average Bonchev–Trinajstić information content (AvgIpc) is 3.13. The Kier molecular flexibility index (Phi) is 4.65. The van der Waals surface area contributed by atoms with E-state index in [0.29, 0.717) is 17.7 Å². The predicted molar refractivity (Wildman–Crippen MR) is 82.1 cm³/mol. The summed E-state index contributed by atoms with van der Waals surface area (Å²) in [5.41, 5.74) is 1.26. The Balaban J connectivity index is 2.09. The third-order valence-corrected chi connectivity index (χ3v) is 4.20. The number of hydrogen-bond acceptors (Lipinski definition) is 1. The fourth-order valence-electron chi connectivity index (χ4n) is 2.09. The van der Waals surface area contributed by atoms with Gasteiger partial charge in [-0.05, 0) is 53.0 Å². The predicted octanol–water partition coefficient (Wildman–Crippen LogP) is 3.69. The SMILES string of the molecule is CC(C)CN(Cc1ccccc1I)C(=O)C1CC1. The van der Waals surface area contributed by atoms with Crippen LogP contribution in [0.4, 0.5) is 0 Å². The van der Waals surface area contributed by atoms with E-state index in [-0.39, 0.29) is 0 Å². The van der Waals surface area contributed by atoms with Gasteiger partial charge < -0.3 is 4.90 Å². The van der Waals surface area contributed by atoms with Gasteiger partial charge in [-0.15, -0.1) is 0 Å². The molecule has 1 aliphatic rings. The molecule has 1 aliphatic carbocycles. The molecule has 98 valence electrons. The van der Waals surface area contributed by atoms with Crippen LogP contribution in [-0.2, 0) is 11.3 Å². The van der Waals surface area contributed by atoms with Crippen molar-refractivity contribution in [2.45, 2.75) is 33.2 Å². The molecule has 0 atom stereocenters. The summed E-state index contributed by atoms with van der Waals surface area (Å²) < 4.78 is 1.24. The molecule has 1 fully saturated rings. The fourth-order valence-corrected chi connectivity index (χ4v) is 2.65. The van der Waals surface area contributed by atoms with Crippen molar-refractivity contribution in [3.63, 3.8) is 0 Å². The average molecular weight is 357 g/mol. The molecule has 0 bridgehead atoms. The number of amides is 1. The minimum atomic E-state index is 0.310. The zero-order valence-electron chi connectivity index (χ0n) is 11.0. The van der Waals surface area contributed by atoms with Gasteiger partial charge in [0.1, 0.15) is 0 Å². The topological polar surface area (TPSA) is 20.3 Å². The van der Waals surface area contributed by atoms with Gasteiger partial charge in [-0.1, -0.05) is 32.0 Å². The number of carbonyl (C=O) groups excluding carboxylic acids is 1. The third-order valence-electron chi connectivity index (χ3n) is 3.14. The van der Waals surface area contributed by atoms with E-state index in [1.54, 1.807) is 0 Å². The second kappa shape index (κ2) is 6.04. The number of halogens is 1. The third kappa shape index (κ3) is 3.70. The standard InChI is InChI=1S/C15H20INO/c1-11(2)9-17(15(18)12-7-8-12)10-13-5-3-4-6-14(13)16/h3-6,11-12H,7-10H2,1-2H3. The van der Waals surface area contributed by atoms with Crippen LogP contribution in [0.3, 0.4) is 0 Å². The zero-order chi connectivity index (χ0) is 13.1. The van der Waals surface area contributed by atoms with Crippen molar-refractivity contribution in [1.29, 1.82) is 0 Å².